The summed E-state index contributed by atoms with van der Waals surface area (Å²) in [6, 6.07) is 10.1. The number of thioether (sulfide) groups is 1. The molecule has 1 aromatic carbocycles. The maximum absolute atomic E-state index is 13.9. The highest BCUT2D eigenvalue weighted by atomic mass is 32.2. The molecule has 202 valence electrons. The van der Waals surface area contributed by atoms with E-state index >= 15 is 0 Å². The second-order valence-corrected chi connectivity index (χ2v) is 13.5. The number of ketones is 1. The zero-order valence-corrected chi connectivity index (χ0v) is 24.0. The first-order chi connectivity index (χ1) is 18.2. The molecule has 8 heteroatoms. The van der Waals surface area contributed by atoms with Crippen LogP contribution in [0.5, 0.6) is 0 Å². The number of hydrogen-bond donors (Lipinski definition) is 3. The number of aliphatic hydroxyl groups is 2. The van der Waals surface area contributed by atoms with E-state index in [9.17, 15) is 15.0 Å². The van der Waals surface area contributed by atoms with Crippen molar-refractivity contribution in [2.24, 2.45) is 5.41 Å². The number of fused-ring (bicyclic) bond motifs is 8. The highest BCUT2D eigenvalue weighted by molar-refractivity contribution is 7.99. The highest BCUT2D eigenvalue weighted by Crippen LogP contribution is 2.59. The number of nitrogens with zero attached hydrogens (tertiary/aromatic N) is 2. The average molecular weight is 552 g/mol. The van der Waals surface area contributed by atoms with E-state index in [-0.39, 0.29) is 11.7 Å². The van der Waals surface area contributed by atoms with Crippen molar-refractivity contribution in [1.82, 2.24) is 15.2 Å². The van der Waals surface area contributed by atoms with Gasteiger partial charge in [-0.1, -0.05) is 42.5 Å². The highest BCUT2D eigenvalue weighted by Gasteiger charge is 2.56. The van der Waals surface area contributed by atoms with Crippen molar-refractivity contribution < 1.29 is 15.0 Å². The molecule has 0 radical (unpaired) electrons. The molecule has 1 saturated carbocycles. The fourth-order valence-corrected chi connectivity index (χ4v) is 8.23. The van der Waals surface area contributed by atoms with Crippen LogP contribution in [0.3, 0.4) is 0 Å². The monoisotopic (exact) mass is 551 g/mol. The summed E-state index contributed by atoms with van der Waals surface area (Å²) in [4.78, 5) is 20.0. The molecular weight excluding hydrogens is 514 g/mol. The van der Waals surface area contributed by atoms with Gasteiger partial charge in [-0.3, -0.25) is 9.89 Å². The number of carbonyl (C=O) groups excluding carboxylic acids is 1. The van der Waals surface area contributed by atoms with Gasteiger partial charge in [0.05, 0.1) is 16.6 Å². The van der Waals surface area contributed by atoms with Crippen molar-refractivity contribution >= 4 is 28.9 Å². The predicted molar refractivity (Wildman–Crippen MR) is 153 cm³/mol. The maximum Gasteiger partial charge on any atom is 0.203 e. The predicted octanol–water partition coefficient (Wildman–Crippen LogP) is 6.24. The minimum absolute atomic E-state index is 0.0263. The molecule has 2 aromatic heterocycles. The van der Waals surface area contributed by atoms with Crippen molar-refractivity contribution in [3.05, 3.63) is 74.8 Å². The van der Waals surface area contributed by atoms with E-state index < -0.39 is 17.1 Å². The molecule has 0 spiro atoms. The fraction of sp³-hybridized carbons (Fsp3) is 0.500. The zero-order chi connectivity index (χ0) is 26.9. The lowest BCUT2D eigenvalue weighted by molar-refractivity contribution is -0.0422. The van der Waals surface area contributed by atoms with Gasteiger partial charge in [-0.2, -0.15) is 5.10 Å². The Labute approximate surface area is 233 Å². The second kappa shape index (κ2) is 11.1. The number of aryl methyl sites for hydroxylation is 1. The minimum Gasteiger partial charge on any atom is -0.393 e. The first kappa shape index (κ1) is 27.3. The topological polar surface area (TPSA) is 99.1 Å². The van der Waals surface area contributed by atoms with E-state index in [1.807, 2.05) is 25.1 Å². The smallest absolute Gasteiger partial charge is 0.203 e. The van der Waals surface area contributed by atoms with E-state index in [4.69, 9.17) is 0 Å². The maximum atomic E-state index is 13.9. The number of rotatable bonds is 5. The summed E-state index contributed by atoms with van der Waals surface area (Å²) in [5.41, 5.74) is 2.61. The number of aromatic nitrogens is 3. The first-order valence-electron chi connectivity index (χ1n) is 13.5. The Balaban J connectivity index is 1.59. The molecule has 1 fully saturated rings. The van der Waals surface area contributed by atoms with E-state index in [1.54, 1.807) is 0 Å². The van der Waals surface area contributed by atoms with Gasteiger partial charge >= 0.3 is 0 Å². The van der Waals surface area contributed by atoms with Crippen molar-refractivity contribution in [2.75, 3.05) is 5.75 Å². The van der Waals surface area contributed by atoms with Crippen molar-refractivity contribution in [3.63, 3.8) is 0 Å². The SMILES string of the molecule is CC1=CCC[C@@]2(C)[C@@H](CC[C@@]2(O)CSc2ncn[nH]2)c2ccc(cc2C(=O)c2ccc(C)s2)C[C@@H](O)CC1. The molecule has 6 rings (SSSR count). The molecule has 0 aliphatic heterocycles. The Morgan fingerprint density at radius 3 is 2.79 bits per heavy atom. The van der Waals surface area contributed by atoms with Crippen LogP contribution in [0.25, 0.3) is 0 Å². The summed E-state index contributed by atoms with van der Waals surface area (Å²) >= 11 is 3.02. The number of H-pyrrole nitrogens is 1. The molecule has 3 aliphatic rings. The Bertz CT molecular complexity index is 1320. The van der Waals surface area contributed by atoms with Crippen molar-refractivity contribution in [3.8, 4) is 0 Å². The van der Waals surface area contributed by atoms with Crippen LogP contribution in [-0.4, -0.2) is 48.6 Å². The molecule has 0 amide bonds. The van der Waals surface area contributed by atoms with E-state index in [1.165, 1.54) is 35.0 Å². The molecule has 6 nitrogen and oxygen atoms in total. The van der Waals surface area contributed by atoms with E-state index in [0.717, 1.165) is 46.6 Å². The Morgan fingerprint density at radius 2 is 2.05 bits per heavy atom. The lowest BCUT2D eigenvalue weighted by Crippen LogP contribution is -2.46. The van der Waals surface area contributed by atoms with Gasteiger partial charge in [0, 0.05) is 21.6 Å². The first-order valence-corrected chi connectivity index (χ1v) is 15.3. The van der Waals surface area contributed by atoms with Gasteiger partial charge in [0.2, 0.25) is 5.78 Å². The standard InChI is InChI=1S/C30H37N3O3S2/c1-19-5-4-13-29(3)25(12-14-30(29,36)17-37-28-31-18-32-33-28)23-10-8-21(15-22(34)9-6-19)16-24(23)27(35)26-11-7-20(2)38-26/h5,7-8,10-11,16,18,22,25,34,36H,4,6,9,12-15,17H2,1-3H3,(H,31,32,33)/t22-,25-,29-,30+/m0/s1. The van der Waals surface area contributed by atoms with Crippen LogP contribution in [0.15, 0.2) is 53.5 Å². The molecule has 3 N–H and O–H groups in total. The molecule has 3 aliphatic carbocycles. The van der Waals surface area contributed by atoms with Gasteiger partial charge < -0.3 is 10.2 Å². The zero-order valence-electron chi connectivity index (χ0n) is 22.4. The number of benzene rings is 1. The Morgan fingerprint density at radius 1 is 1.21 bits per heavy atom. The van der Waals surface area contributed by atoms with Crippen LogP contribution in [0.4, 0.5) is 0 Å². The van der Waals surface area contributed by atoms with E-state index in [0.29, 0.717) is 35.7 Å². The van der Waals surface area contributed by atoms with E-state index in [2.05, 4.69) is 47.2 Å². The molecule has 4 atom stereocenters. The summed E-state index contributed by atoms with van der Waals surface area (Å²) in [7, 11) is 0. The second-order valence-electron chi connectivity index (χ2n) is 11.3. The van der Waals surface area contributed by atoms with Gasteiger partial charge in [0.1, 0.15) is 6.33 Å². The lowest BCUT2D eigenvalue weighted by atomic mass is 9.65. The van der Waals surface area contributed by atoms with Gasteiger partial charge in [0.15, 0.2) is 5.16 Å². The number of aromatic amines is 1. The molecule has 2 bridgehead atoms. The number of hydrogen-bond acceptors (Lipinski definition) is 7. The molecule has 2 heterocycles. The number of nitrogens with one attached hydrogen (secondary N) is 1. The fourth-order valence-electron chi connectivity index (χ4n) is 6.31. The molecular formula is C30H37N3O3S2. The molecule has 3 aromatic rings. The number of aliphatic hydroxyl groups excluding tert-OH is 1. The van der Waals surface area contributed by atoms with Gasteiger partial charge in [-0.05, 0) is 94.0 Å². The van der Waals surface area contributed by atoms with Crippen molar-refractivity contribution in [1.29, 1.82) is 0 Å². The van der Waals surface area contributed by atoms with Crippen LogP contribution in [0.1, 0.15) is 89.5 Å². The molecule has 38 heavy (non-hydrogen) atoms. The van der Waals surface area contributed by atoms with Crippen LogP contribution < -0.4 is 0 Å². The Hall–Kier alpha value is -2.26. The summed E-state index contributed by atoms with van der Waals surface area (Å²) in [6.45, 7) is 6.36. The van der Waals surface area contributed by atoms with Crippen molar-refractivity contribution in [2.45, 2.75) is 88.5 Å². The largest absolute Gasteiger partial charge is 0.393 e. The average Bonchev–Trinajstić information content (AvgIpc) is 3.62. The number of carbonyl (C=O) groups is 1. The van der Waals surface area contributed by atoms with Gasteiger partial charge in [-0.25, -0.2) is 4.98 Å². The van der Waals surface area contributed by atoms with Crippen LogP contribution in [0.2, 0.25) is 0 Å². The third kappa shape index (κ3) is 5.41. The van der Waals surface area contributed by atoms with Crippen LogP contribution in [-0.2, 0) is 6.42 Å². The summed E-state index contributed by atoms with van der Waals surface area (Å²) in [5.74, 6) is 0.569. The quantitative estimate of drug-likeness (QED) is 0.197. The normalized spacial score (nSPS) is 28.1. The Kier molecular flexibility index (Phi) is 7.96. The minimum atomic E-state index is -0.928. The summed E-state index contributed by atoms with van der Waals surface area (Å²) in [5, 5.41) is 30.5. The van der Waals surface area contributed by atoms with Crippen LogP contribution >= 0.6 is 23.1 Å². The lowest BCUT2D eigenvalue weighted by Gasteiger charge is -2.44. The van der Waals surface area contributed by atoms with Gasteiger partial charge in [0.25, 0.3) is 0 Å². The molecule has 0 unspecified atom stereocenters. The van der Waals surface area contributed by atoms with Crippen LogP contribution in [0, 0.1) is 12.3 Å². The van der Waals surface area contributed by atoms with Gasteiger partial charge in [-0.15, -0.1) is 11.3 Å². The third-order valence-electron chi connectivity index (χ3n) is 8.72. The number of thiophene rings is 1. The summed E-state index contributed by atoms with van der Waals surface area (Å²) < 4.78 is 0. The third-order valence-corrected chi connectivity index (χ3v) is 10.8. The summed E-state index contributed by atoms with van der Waals surface area (Å²) in [6.07, 6.45) is 8.47. The number of allylic oxidation sites excluding steroid dienone is 2. The molecule has 0 saturated heterocycles.